The third-order valence-corrected chi connectivity index (χ3v) is 2.71. The number of nitriles is 1. The molecule has 5 heteroatoms. The number of halogens is 1. The van der Waals surface area contributed by atoms with Gasteiger partial charge in [0, 0.05) is 19.4 Å². The number of rotatable bonds is 2. The summed E-state index contributed by atoms with van der Waals surface area (Å²) in [5.74, 6) is 0.540. The number of hydrogen-bond donors (Lipinski definition) is 0. The molecule has 84 valence electrons. The largest absolute Gasteiger partial charge is 0.327 e. The fourth-order valence-corrected chi connectivity index (χ4v) is 1.71. The highest BCUT2D eigenvalue weighted by molar-refractivity contribution is 6.34. The molecule has 0 spiro atoms. The van der Waals surface area contributed by atoms with Crippen LogP contribution in [0.4, 0.5) is 11.5 Å². The van der Waals surface area contributed by atoms with Gasteiger partial charge in [0.15, 0.2) is 5.82 Å². The van der Waals surface area contributed by atoms with Crippen LogP contribution in [0.5, 0.6) is 0 Å². The lowest BCUT2D eigenvalue weighted by atomic mass is 10.2. The lowest BCUT2D eigenvalue weighted by Crippen LogP contribution is -2.12. The average Bonchev–Trinajstić information content (AvgIpc) is 2.39. The lowest BCUT2D eigenvalue weighted by Gasteiger charge is -2.19. The van der Waals surface area contributed by atoms with Crippen molar-refractivity contribution in [1.29, 1.82) is 5.26 Å². The Morgan fingerprint density at radius 2 is 2.18 bits per heavy atom. The predicted octanol–water partition coefficient (Wildman–Crippen LogP) is 2.77. The van der Waals surface area contributed by atoms with Crippen molar-refractivity contribution in [3.63, 3.8) is 0 Å². The van der Waals surface area contributed by atoms with Crippen LogP contribution in [0, 0.1) is 11.3 Å². The summed E-state index contributed by atoms with van der Waals surface area (Å²) in [6.07, 6.45) is 4.96. The van der Waals surface area contributed by atoms with Gasteiger partial charge in [0.1, 0.15) is 11.1 Å². The minimum absolute atomic E-state index is 0.348. The van der Waals surface area contributed by atoms with Crippen molar-refractivity contribution < 1.29 is 0 Å². The Balaban J connectivity index is 2.45. The van der Waals surface area contributed by atoms with E-state index >= 15 is 0 Å². The number of nitrogens with zero attached hydrogens (tertiary/aromatic N) is 4. The van der Waals surface area contributed by atoms with E-state index in [0.717, 1.165) is 5.69 Å². The van der Waals surface area contributed by atoms with Crippen molar-refractivity contribution in [2.24, 2.45) is 0 Å². The minimum Gasteiger partial charge on any atom is -0.327 e. The highest BCUT2D eigenvalue weighted by Gasteiger charge is 2.12. The van der Waals surface area contributed by atoms with Crippen LogP contribution in [0.25, 0.3) is 0 Å². The predicted molar refractivity (Wildman–Crippen MR) is 66.3 cm³/mol. The second-order valence-electron chi connectivity index (χ2n) is 3.38. The standard InChI is InChI=1S/C12H9ClN4/c1-17(10-3-2-5-15-8-10)12-11(13)9(7-14)4-6-16-12/h2-6,8H,1H3. The first-order valence-corrected chi connectivity index (χ1v) is 5.30. The monoisotopic (exact) mass is 244 g/mol. The highest BCUT2D eigenvalue weighted by atomic mass is 35.5. The zero-order valence-electron chi connectivity index (χ0n) is 9.13. The van der Waals surface area contributed by atoms with Gasteiger partial charge < -0.3 is 4.90 Å². The van der Waals surface area contributed by atoms with Gasteiger partial charge in [-0.05, 0) is 18.2 Å². The molecule has 17 heavy (non-hydrogen) atoms. The molecule has 0 saturated heterocycles. The van der Waals surface area contributed by atoms with E-state index in [1.807, 2.05) is 25.2 Å². The topological polar surface area (TPSA) is 52.8 Å². The number of pyridine rings is 2. The molecular formula is C12H9ClN4. The average molecular weight is 245 g/mol. The van der Waals surface area contributed by atoms with Crippen LogP contribution in [-0.4, -0.2) is 17.0 Å². The Bertz CT molecular complexity index is 562. The Hall–Kier alpha value is -2.12. The minimum atomic E-state index is 0.348. The van der Waals surface area contributed by atoms with Gasteiger partial charge in [-0.2, -0.15) is 5.26 Å². The summed E-state index contributed by atoms with van der Waals surface area (Å²) in [7, 11) is 1.83. The number of aromatic nitrogens is 2. The van der Waals surface area contributed by atoms with E-state index in [0.29, 0.717) is 16.4 Å². The molecule has 0 unspecified atom stereocenters. The molecule has 0 bridgehead atoms. The first-order chi connectivity index (χ1) is 8.24. The van der Waals surface area contributed by atoms with Crippen molar-refractivity contribution in [3.8, 4) is 6.07 Å². The van der Waals surface area contributed by atoms with E-state index < -0.39 is 0 Å². The molecule has 0 amide bonds. The van der Waals surface area contributed by atoms with Gasteiger partial charge in [-0.15, -0.1) is 0 Å². The molecule has 2 aromatic heterocycles. The SMILES string of the molecule is CN(c1cccnc1)c1nccc(C#N)c1Cl. The molecular weight excluding hydrogens is 236 g/mol. The van der Waals surface area contributed by atoms with Crippen LogP contribution >= 0.6 is 11.6 Å². The zero-order valence-corrected chi connectivity index (χ0v) is 9.89. The van der Waals surface area contributed by atoms with Crippen LogP contribution < -0.4 is 4.90 Å². The van der Waals surface area contributed by atoms with E-state index in [-0.39, 0.29) is 0 Å². The molecule has 4 nitrogen and oxygen atoms in total. The van der Waals surface area contributed by atoms with E-state index in [2.05, 4.69) is 9.97 Å². The van der Waals surface area contributed by atoms with Gasteiger partial charge >= 0.3 is 0 Å². The van der Waals surface area contributed by atoms with Gasteiger partial charge in [-0.25, -0.2) is 4.98 Å². The molecule has 0 saturated carbocycles. The third kappa shape index (κ3) is 2.19. The second kappa shape index (κ2) is 4.81. The van der Waals surface area contributed by atoms with Crippen molar-refractivity contribution in [1.82, 2.24) is 9.97 Å². The number of hydrogen-bond acceptors (Lipinski definition) is 4. The summed E-state index contributed by atoms with van der Waals surface area (Å²) < 4.78 is 0. The Morgan fingerprint density at radius 3 is 2.82 bits per heavy atom. The van der Waals surface area contributed by atoms with E-state index in [4.69, 9.17) is 16.9 Å². The summed E-state index contributed by atoms with van der Waals surface area (Å²) in [4.78, 5) is 9.99. The van der Waals surface area contributed by atoms with Crippen molar-refractivity contribution in [3.05, 3.63) is 47.4 Å². The first-order valence-electron chi connectivity index (χ1n) is 4.92. The molecule has 0 radical (unpaired) electrons. The maximum absolute atomic E-state index is 8.90. The summed E-state index contributed by atoms with van der Waals surface area (Å²) in [5.41, 5.74) is 1.27. The second-order valence-corrected chi connectivity index (χ2v) is 3.76. The van der Waals surface area contributed by atoms with Crippen LogP contribution in [0.15, 0.2) is 36.8 Å². The van der Waals surface area contributed by atoms with E-state index in [1.54, 1.807) is 29.6 Å². The molecule has 0 fully saturated rings. The molecule has 0 aliphatic rings. The summed E-state index contributed by atoms with van der Waals surface area (Å²) in [5, 5.41) is 9.25. The summed E-state index contributed by atoms with van der Waals surface area (Å²) in [6, 6.07) is 7.33. The van der Waals surface area contributed by atoms with Crippen LogP contribution in [0.3, 0.4) is 0 Å². The van der Waals surface area contributed by atoms with Gasteiger partial charge in [-0.1, -0.05) is 11.6 Å². The van der Waals surface area contributed by atoms with Crippen LogP contribution in [0.2, 0.25) is 5.02 Å². The molecule has 2 rings (SSSR count). The normalized spacial score (nSPS) is 9.71. The van der Waals surface area contributed by atoms with Crippen molar-refractivity contribution in [2.45, 2.75) is 0 Å². The Morgan fingerprint density at radius 1 is 1.35 bits per heavy atom. The fraction of sp³-hybridized carbons (Fsp3) is 0.0833. The Kier molecular flexibility index (Phi) is 3.22. The van der Waals surface area contributed by atoms with Gasteiger partial charge in [-0.3, -0.25) is 4.98 Å². The van der Waals surface area contributed by atoms with Crippen LogP contribution in [-0.2, 0) is 0 Å². The molecule has 0 N–H and O–H groups in total. The molecule has 0 aromatic carbocycles. The highest BCUT2D eigenvalue weighted by Crippen LogP contribution is 2.29. The zero-order chi connectivity index (χ0) is 12.3. The molecule has 0 atom stereocenters. The van der Waals surface area contributed by atoms with Gasteiger partial charge in [0.2, 0.25) is 0 Å². The first kappa shape index (κ1) is 11.4. The maximum Gasteiger partial charge on any atom is 0.152 e. The Labute approximate surface area is 104 Å². The van der Waals surface area contributed by atoms with Crippen molar-refractivity contribution >= 4 is 23.1 Å². The lowest BCUT2D eigenvalue weighted by molar-refractivity contribution is 1.11. The fourth-order valence-electron chi connectivity index (χ4n) is 1.43. The van der Waals surface area contributed by atoms with Gasteiger partial charge in [0.25, 0.3) is 0 Å². The summed E-state index contributed by atoms with van der Waals surface area (Å²) in [6.45, 7) is 0. The van der Waals surface area contributed by atoms with E-state index in [9.17, 15) is 0 Å². The van der Waals surface area contributed by atoms with Crippen molar-refractivity contribution in [2.75, 3.05) is 11.9 Å². The molecule has 2 aromatic rings. The molecule has 0 aliphatic carbocycles. The molecule has 0 aliphatic heterocycles. The number of anilines is 2. The maximum atomic E-state index is 8.90. The smallest absolute Gasteiger partial charge is 0.152 e. The van der Waals surface area contributed by atoms with Gasteiger partial charge in [0.05, 0.1) is 17.4 Å². The summed E-state index contributed by atoms with van der Waals surface area (Å²) >= 11 is 6.11. The molecule has 2 heterocycles. The van der Waals surface area contributed by atoms with E-state index in [1.165, 1.54) is 0 Å². The third-order valence-electron chi connectivity index (χ3n) is 2.34. The quantitative estimate of drug-likeness (QED) is 0.815. The van der Waals surface area contributed by atoms with Crippen LogP contribution in [0.1, 0.15) is 5.56 Å².